The Morgan fingerprint density at radius 1 is 1.30 bits per heavy atom. The van der Waals surface area contributed by atoms with Crippen molar-refractivity contribution in [2.75, 3.05) is 0 Å². The third-order valence-corrected chi connectivity index (χ3v) is 3.75. The summed E-state index contributed by atoms with van der Waals surface area (Å²) in [5.41, 5.74) is 4.35. The van der Waals surface area contributed by atoms with Crippen molar-refractivity contribution < 1.29 is 4.92 Å². The van der Waals surface area contributed by atoms with Gasteiger partial charge in [-0.3, -0.25) is 15.5 Å². The van der Waals surface area contributed by atoms with Gasteiger partial charge in [-0.15, -0.1) is 0 Å². The molecule has 0 amide bonds. The van der Waals surface area contributed by atoms with E-state index in [1.165, 1.54) is 12.3 Å². The zero-order valence-corrected chi connectivity index (χ0v) is 14.3. The van der Waals surface area contributed by atoms with Crippen molar-refractivity contribution in [1.82, 2.24) is 10.7 Å². The van der Waals surface area contributed by atoms with Gasteiger partial charge in [0, 0.05) is 18.2 Å². The third-order valence-electron chi connectivity index (χ3n) is 2.84. The van der Waals surface area contributed by atoms with Crippen LogP contribution < -0.4 is 10.7 Å². The van der Waals surface area contributed by atoms with E-state index < -0.39 is 4.92 Å². The highest BCUT2D eigenvalue weighted by molar-refractivity contribution is 9.10. The van der Waals surface area contributed by atoms with Gasteiger partial charge in [0.2, 0.25) is 0 Å². The average molecular weight is 393 g/mol. The minimum absolute atomic E-state index is 0.0151. The van der Waals surface area contributed by atoms with E-state index in [1.807, 2.05) is 30.3 Å². The van der Waals surface area contributed by atoms with Gasteiger partial charge in [-0.1, -0.05) is 36.4 Å². The second-order valence-electron chi connectivity index (χ2n) is 4.51. The summed E-state index contributed by atoms with van der Waals surface area (Å²) in [6.45, 7) is 0.589. The molecule has 0 saturated heterocycles. The maximum Gasteiger partial charge on any atom is 0.284 e. The maximum absolute atomic E-state index is 10.9. The Balaban J connectivity index is 1.87. The van der Waals surface area contributed by atoms with Gasteiger partial charge >= 0.3 is 0 Å². The number of nitro groups is 1. The summed E-state index contributed by atoms with van der Waals surface area (Å²) in [4.78, 5) is 10.4. The molecular weight excluding hydrogens is 380 g/mol. The minimum Gasteiger partial charge on any atom is -0.357 e. The van der Waals surface area contributed by atoms with E-state index in [9.17, 15) is 10.1 Å². The van der Waals surface area contributed by atoms with E-state index in [2.05, 4.69) is 31.8 Å². The van der Waals surface area contributed by atoms with E-state index in [-0.39, 0.29) is 5.69 Å². The van der Waals surface area contributed by atoms with Gasteiger partial charge in [0.25, 0.3) is 5.69 Å². The first kappa shape index (κ1) is 17.0. The number of halogens is 1. The monoisotopic (exact) mass is 392 g/mol. The second kappa shape index (κ2) is 8.35. The molecule has 0 spiro atoms. The van der Waals surface area contributed by atoms with Crippen molar-refractivity contribution in [2.24, 2.45) is 5.10 Å². The van der Waals surface area contributed by atoms with Crippen LogP contribution in [0.5, 0.6) is 0 Å². The molecule has 0 unspecified atom stereocenters. The predicted octanol–water partition coefficient (Wildman–Crippen LogP) is 3.36. The van der Waals surface area contributed by atoms with Gasteiger partial charge in [-0.25, -0.2) is 0 Å². The lowest BCUT2D eigenvalue weighted by atomic mass is 10.2. The number of rotatable bonds is 5. The van der Waals surface area contributed by atoms with Crippen molar-refractivity contribution in [3.8, 4) is 0 Å². The Labute approximate surface area is 146 Å². The second-order valence-corrected chi connectivity index (χ2v) is 5.77. The number of hydrogen-bond acceptors (Lipinski definition) is 4. The molecule has 6 nitrogen and oxygen atoms in total. The van der Waals surface area contributed by atoms with Crippen molar-refractivity contribution >= 4 is 45.2 Å². The molecule has 0 aliphatic carbocycles. The zero-order chi connectivity index (χ0) is 16.7. The molecule has 2 N–H and O–H groups in total. The predicted molar refractivity (Wildman–Crippen MR) is 97.4 cm³/mol. The molecule has 0 aliphatic rings. The Morgan fingerprint density at radius 3 is 2.74 bits per heavy atom. The number of hydrazone groups is 1. The molecule has 0 heterocycles. The lowest BCUT2D eigenvalue weighted by Gasteiger charge is -2.06. The molecule has 0 bridgehead atoms. The van der Waals surface area contributed by atoms with Crippen LogP contribution in [0.2, 0.25) is 0 Å². The Kier molecular flexibility index (Phi) is 6.19. The van der Waals surface area contributed by atoms with Gasteiger partial charge in [-0.05, 0) is 39.8 Å². The highest BCUT2D eigenvalue weighted by atomic mass is 79.9. The number of hydrogen-bond donors (Lipinski definition) is 2. The van der Waals surface area contributed by atoms with Crippen LogP contribution in [0, 0.1) is 10.1 Å². The molecule has 2 rings (SSSR count). The van der Waals surface area contributed by atoms with Crippen LogP contribution in [0.4, 0.5) is 5.69 Å². The fourth-order valence-electron chi connectivity index (χ4n) is 1.73. The first-order chi connectivity index (χ1) is 11.1. The van der Waals surface area contributed by atoms with E-state index >= 15 is 0 Å². The normalized spacial score (nSPS) is 10.5. The van der Waals surface area contributed by atoms with E-state index in [0.717, 1.165) is 5.56 Å². The zero-order valence-electron chi connectivity index (χ0n) is 11.9. The van der Waals surface area contributed by atoms with Gasteiger partial charge in [0.15, 0.2) is 5.11 Å². The molecule has 0 saturated carbocycles. The lowest BCUT2D eigenvalue weighted by molar-refractivity contribution is -0.385. The molecule has 0 radical (unpaired) electrons. The van der Waals surface area contributed by atoms with Crippen LogP contribution in [0.1, 0.15) is 11.1 Å². The topological polar surface area (TPSA) is 79.6 Å². The lowest BCUT2D eigenvalue weighted by Crippen LogP contribution is -2.31. The summed E-state index contributed by atoms with van der Waals surface area (Å²) in [5.74, 6) is 0. The number of nitro benzene ring substituents is 1. The average Bonchev–Trinajstić information content (AvgIpc) is 2.55. The molecule has 118 valence electrons. The number of nitrogens with zero attached hydrogens (tertiary/aromatic N) is 2. The molecule has 8 heteroatoms. The van der Waals surface area contributed by atoms with E-state index in [0.29, 0.717) is 21.7 Å². The smallest absolute Gasteiger partial charge is 0.284 e. The molecule has 0 aliphatic heterocycles. The van der Waals surface area contributed by atoms with E-state index in [1.54, 1.807) is 12.1 Å². The summed E-state index contributed by atoms with van der Waals surface area (Å²) < 4.78 is 0.424. The molecule has 0 fully saturated rings. The highest BCUT2D eigenvalue weighted by Crippen LogP contribution is 2.24. The molecule has 0 aromatic heterocycles. The maximum atomic E-state index is 10.9. The Bertz CT molecular complexity index is 738. The summed E-state index contributed by atoms with van der Waals surface area (Å²) in [6.07, 6.45) is 1.47. The molecule has 23 heavy (non-hydrogen) atoms. The van der Waals surface area contributed by atoms with Crippen LogP contribution >= 0.6 is 28.1 Å². The number of benzene rings is 2. The SMILES string of the molecule is O=[N+]([O-])c1cc(/C=N/NC(=S)NCc2ccccc2)ccc1Br. The van der Waals surface area contributed by atoms with Gasteiger partial charge in [-0.2, -0.15) is 5.10 Å². The largest absolute Gasteiger partial charge is 0.357 e. The Hall–Kier alpha value is -2.32. The third kappa shape index (κ3) is 5.42. The summed E-state index contributed by atoms with van der Waals surface area (Å²) in [5, 5.41) is 18.2. The van der Waals surface area contributed by atoms with Crippen molar-refractivity contribution in [2.45, 2.75) is 6.54 Å². The van der Waals surface area contributed by atoms with Crippen molar-refractivity contribution in [1.29, 1.82) is 0 Å². The van der Waals surface area contributed by atoms with Crippen molar-refractivity contribution in [3.63, 3.8) is 0 Å². The van der Waals surface area contributed by atoms with Crippen LogP contribution in [0.25, 0.3) is 0 Å². The van der Waals surface area contributed by atoms with E-state index in [4.69, 9.17) is 12.2 Å². The van der Waals surface area contributed by atoms with Crippen LogP contribution in [-0.2, 0) is 6.54 Å². The standard InChI is InChI=1S/C15H13BrN4O2S/c16-13-7-6-12(8-14(13)20(21)22)10-18-19-15(23)17-9-11-4-2-1-3-5-11/h1-8,10H,9H2,(H2,17,19,23)/b18-10+. The van der Waals surface area contributed by atoms with Crippen LogP contribution in [0.15, 0.2) is 58.1 Å². The van der Waals surface area contributed by atoms with Gasteiger partial charge in [0.05, 0.1) is 15.6 Å². The minimum atomic E-state index is -0.457. The first-order valence-corrected chi connectivity index (χ1v) is 7.81. The van der Waals surface area contributed by atoms with Gasteiger partial charge < -0.3 is 5.32 Å². The summed E-state index contributed by atoms with van der Waals surface area (Å²) >= 11 is 8.24. The summed E-state index contributed by atoms with van der Waals surface area (Å²) in [6, 6.07) is 14.6. The molecule has 2 aromatic carbocycles. The highest BCUT2D eigenvalue weighted by Gasteiger charge is 2.11. The van der Waals surface area contributed by atoms with Crippen molar-refractivity contribution in [3.05, 3.63) is 74.2 Å². The van der Waals surface area contributed by atoms with Crippen LogP contribution in [-0.4, -0.2) is 16.3 Å². The first-order valence-electron chi connectivity index (χ1n) is 6.61. The summed E-state index contributed by atoms with van der Waals surface area (Å²) in [7, 11) is 0. The number of thiocarbonyl (C=S) groups is 1. The fourth-order valence-corrected chi connectivity index (χ4v) is 2.25. The Morgan fingerprint density at radius 2 is 2.04 bits per heavy atom. The number of nitrogens with one attached hydrogen (secondary N) is 2. The molecular formula is C15H13BrN4O2S. The molecule has 2 aromatic rings. The van der Waals surface area contributed by atoms with Gasteiger partial charge in [0.1, 0.15) is 0 Å². The van der Waals surface area contributed by atoms with Crippen LogP contribution in [0.3, 0.4) is 0 Å². The quantitative estimate of drug-likeness (QED) is 0.353. The fraction of sp³-hybridized carbons (Fsp3) is 0.0667. The molecule has 0 atom stereocenters.